The zero-order chi connectivity index (χ0) is 18.4. The van der Waals surface area contributed by atoms with Crippen molar-refractivity contribution in [3.05, 3.63) is 29.7 Å². The molecule has 2 N–H and O–H groups in total. The number of aliphatic carboxylic acids is 1. The molecule has 2 fully saturated rings. The molecule has 1 saturated heterocycles. The highest BCUT2D eigenvalue weighted by molar-refractivity contribution is 5.89. The first kappa shape index (κ1) is 18.8. The van der Waals surface area contributed by atoms with Crippen LogP contribution in [0.3, 0.4) is 0 Å². The number of hydrogen-bond acceptors (Lipinski definition) is 4. The van der Waals surface area contributed by atoms with Gasteiger partial charge in [-0.3, -0.25) is 0 Å². The Labute approximate surface area is 154 Å². The van der Waals surface area contributed by atoms with Crippen LogP contribution < -0.4 is 5.32 Å². The molecule has 2 heterocycles. The zero-order valence-electron chi connectivity index (χ0n) is 15.2. The second kappa shape index (κ2) is 9.12. The van der Waals surface area contributed by atoms with Crippen LogP contribution in [0.15, 0.2) is 24.2 Å². The SMILES string of the molecule is O=C(O)/C(F)=C\c1ccc(N[C@@H]2CCCN(CC3CCCCC3)C2)nc1. The van der Waals surface area contributed by atoms with Crippen LogP contribution in [-0.4, -0.2) is 46.6 Å². The number of halogens is 1. The van der Waals surface area contributed by atoms with Gasteiger partial charge in [-0.05, 0) is 61.9 Å². The Bertz CT molecular complexity index is 626. The molecule has 1 aliphatic heterocycles. The maximum atomic E-state index is 13.1. The number of carboxylic acids is 1. The molecule has 1 aromatic rings. The maximum absolute atomic E-state index is 13.1. The molecule has 1 aromatic heterocycles. The van der Waals surface area contributed by atoms with Crippen LogP contribution in [0.2, 0.25) is 0 Å². The average molecular weight is 361 g/mol. The van der Waals surface area contributed by atoms with Crippen LogP contribution in [0, 0.1) is 5.92 Å². The molecule has 0 spiro atoms. The van der Waals surface area contributed by atoms with E-state index in [-0.39, 0.29) is 0 Å². The minimum atomic E-state index is -1.56. The number of nitrogens with one attached hydrogen (secondary N) is 1. The maximum Gasteiger partial charge on any atom is 0.364 e. The number of piperidine rings is 1. The van der Waals surface area contributed by atoms with Crippen LogP contribution in [0.1, 0.15) is 50.5 Å². The minimum absolute atomic E-state index is 0.372. The van der Waals surface area contributed by atoms with Crippen molar-refractivity contribution in [3.63, 3.8) is 0 Å². The van der Waals surface area contributed by atoms with Crippen molar-refractivity contribution in [2.24, 2.45) is 5.92 Å². The van der Waals surface area contributed by atoms with Crippen molar-refractivity contribution in [2.45, 2.75) is 51.0 Å². The molecule has 2 aliphatic rings. The second-order valence-corrected chi connectivity index (χ2v) is 7.52. The van der Waals surface area contributed by atoms with Crippen LogP contribution >= 0.6 is 0 Å². The molecule has 1 atom stereocenters. The molecule has 5 nitrogen and oxygen atoms in total. The summed E-state index contributed by atoms with van der Waals surface area (Å²) in [6, 6.07) is 3.83. The molecule has 26 heavy (non-hydrogen) atoms. The van der Waals surface area contributed by atoms with Gasteiger partial charge in [0, 0.05) is 25.3 Å². The molecule has 0 amide bonds. The Kier molecular flexibility index (Phi) is 6.61. The fraction of sp³-hybridized carbons (Fsp3) is 0.600. The van der Waals surface area contributed by atoms with Gasteiger partial charge >= 0.3 is 5.97 Å². The fourth-order valence-corrected chi connectivity index (χ4v) is 4.07. The van der Waals surface area contributed by atoms with Crippen LogP contribution in [0.5, 0.6) is 0 Å². The van der Waals surface area contributed by atoms with Gasteiger partial charge in [0.25, 0.3) is 0 Å². The molecule has 0 bridgehead atoms. The van der Waals surface area contributed by atoms with Crippen molar-refractivity contribution in [1.29, 1.82) is 0 Å². The Hall–Kier alpha value is -1.95. The standard InChI is InChI=1S/C20H28FN3O2/c21-18(20(25)26)11-16-8-9-19(22-12-16)23-17-7-4-10-24(14-17)13-15-5-2-1-3-6-15/h8-9,11-12,15,17H,1-7,10,13-14H2,(H,22,23)(H,25,26)/b18-11+/t17-/m1/s1. The largest absolute Gasteiger partial charge is 0.476 e. The molecule has 1 saturated carbocycles. The van der Waals surface area contributed by atoms with Gasteiger partial charge in [0.15, 0.2) is 0 Å². The highest BCUT2D eigenvalue weighted by Crippen LogP contribution is 2.26. The highest BCUT2D eigenvalue weighted by atomic mass is 19.1. The van der Waals surface area contributed by atoms with E-state index in [0.717, 1.165) is 30.8 Å². The lowest BCUT2D eigenvalue weighted by Gasteiger charge is -2.36. The number of hydrogen-bond donors (Lipinski definition) is 2. The second-order valence-electron chi connectivity index (χ2n) is 7.52. The van der Waals surface area contributed by atoms with Crippen molar-refractivity contribution in [2.75, 3.05) is 25.0 Å². The van der Waals surface area contributed by atoms with E-state index in [1.54, 1.807) is 12.1 Å². The van der Waals surface area contributed by atoms with E-state index in [4.69, 9.17) is 5.11 Å². The molecule has 0 unspecified atom stereocenters. The summed E-state index contributed by atoms with van der Waals surface area (Å²) in [5, 5.41) is 12.0. The third kappa shape index (κ3) is 5.53. The van der Waals surface area contributed by atoms with E-state index in [0.29, 0.717) is 11.6 Å². The Morgan fingerprint density at radius 2 is 2.08 bits per heavy atom. The lowest BCUT2D eigenvalue weighted by molar-refractivity contribution is -0.134. The minimum Gasteiger partial charge on any atom is -0.476 e. The summed E-state index contributed by atoms with van der Waals surface area (Å²) in [6.07, 6.45) is 11.7. The number of likely N-dealkylation sites (tertiary alicyclic amines) is 1. The van der Waals surface area contributed by atoms with Crippen LogP contribution in [-0.2, 0) is 4.79 Å². The Morgan fingerprint density at radius 3 is 2.77 bits per heavy atom. The monoisotopic (exact) mass is 361 g/mol. The van der Waals surface area contributed by atoms with E-state index in [1.807, 2.05) is 0 Å². The van der Waals surface area contributed by atoms with Gasteiger partial charge in [-0.2, -0.15) is 4.39 Å². The van der Waals surface area contributed by atoms with Gasteiger partial charge in [0.1, 0.15) is 5.82 Å². The van der Waals surface area contributed by atoms with Gasteiger partial charge < -0.3 is 15.3 Å². The first-order chi connectivity index (χ1) is 12.6. The van der Waals surface area contributed by atoms with Crippen LogP contribution in [0.25, 0.3) is 6.08 Å². The molecular weight excluding hydrogens is 333 g/mol. The Morgan fingerprint density at radius 1 is 1.27 bits per heavy atom. The predicted octanol–water partition coefficient (Wildman–Crippen LogP) is 3.93. The number of pyridine rings is 1. The number of carbonyl (C=O) groups is 1. The van der Waals surface area contributed by atoms with E-state index in [9.17, 15) is 9.18 Å². The average Bonchev–Trinajstić information content (AvgIpc) is 2.64. The van der Waals surface area contributed by atoms with Crippen molar-refractivity contribution < 1.29 is 14.3 Å². The Balaban J connectivity index is 1.51. The summed E-state index contributed by atoms with van der Waals surface area (Å²) < 4.78 is 13.1. The quantitative estimate of drug-likeness (QED) is 0.752. The van der Waals surface area contributed by atoms with Gasteiger partial charge in [0.2, 0.25) is 5.83 Å². The fourth-order valence-electron chi connectivity index (χ4n) is 4.07. The summed E-state index contributed by atoms with van der Waals surface area (Å²) >= 11 is 0. The lowest BCUT2D eigenvalue weighted by Crippen LogP contribution is -2.44. The predicted molar refractivity (Wildman–Crippen MR) is 101 cm³/mol. The third-order valence-corrected chi connectivity index (χ3v) is 5.38. The lowest BCUT2D eigenvalue weighted by atomic mass is 9.88. The molecule has 142 valence electrons. The third-order valence-electron chi connectivity index (χ3n) is 5.38. The topological polar surface area (TPSA) is 65.5 Å². The van der Waals surface area contributed by atoms with Gasteiger partial charge in [-0.15, -0.1) is 0 Å². The van der Waals surface area contributed by atoms with E-state index in [1.165, 1.54) is 57.8 Å². The van der Waals surface area contributed by atoms with Crippen LogP contribution in [0.4, 0.5) is 10.2 Å². The molecule has 0 radical (unpaired) electrons. The number of rotatable bonds is 6. The number of nitrogens with zero attached hydrogens (tertiary/aromatic N) is 2. The summed E-state index contributed by atoms with van der Waals surface area (Å²) in [6.45, 7) is 3.43. The normalized spacial score (nSPS) is 23.0. The van der Waals surface area contributed by atoms with E-state index < -0.39 is 11.8 Å². The van der Waals surface area contributed by atoms with Gasteiger partial charge in [-0.1, -0.05) is 19.3 Å². The van der Waals surface area contributed by atoms with E-state index >= 15 is 0 Å². The van der Waals surface area contributed by atoms with Crippen molar-refractivity contribution in [3.8, 4) is 0 Å². The zero-order valence-corrected chi connectivity index (χ0v) is 15.2. The number of anilines is 1. The number of carboxylic acid groups (broad SMARTS) is 1. The van der Waals surface area contributed by atoms with Crippen molar-refractivity contribution >= 4 is 17.9 Å². The molecule has 1 aliphatic carbocycles. The van der Waals surface area contributed by atoms with Gasteiger partial charge in [-0.25, -0.2) is 9.78 Å². The summed E-state index contributed by atoms with van der Waals surface area (Å²) in [4.78, 5) is 17.4. The molecular formula is C20H28FN3O2. The summed E-state index contributed by atoms with van der Waals surface area (Å²) in [7, 11) is 0. The summed E-state index contributed by atoms with van der Waals surface area (Å²) in [5.74, 6) is -1.14. The number of aromatic nitrogens is 1. The smallest absolute Gasteiger partial charge is 0.364 e. The first-order valence-corrected chi connectivity index (χ1v) is 9.65. The van der Waals surface area contributed by atoms with Gasteiger partial charge in [0.05, 0.1) is 0 Å². The molecule has 0 aromatic carbocycles. The summed E-state index contributed by atoms with van der Waals surface area (Å²) in [5.41, 5.74) is 0.443. The van der Waals surface area contributed by atoms with E-state index in [2.05, 4.69) is 15.2 Å². The molecule has 3 rings (SSSR count). The highest BCUT2D eigenvalue weighted by Gasteiger charge is 2.23. The first-order valence-electron chi connectivity index (χ1n) is 9.65. The van der Waals surface area contributed by atoms with Crippen molar-refractivity contribution in [1.82, 2.24) is 9.88 Å². The molecule has 6 heteroatoms.